The maximum absolute atomic E-state index is 13.0. The monoisotopic (exact) mass is 419 g/mol. The van der Waals surface area contributed by atoms with E-state index in [1.807, 2.05) is 42.5 Å². The molecule has 0 aliphatic carbocycles. The molecule has 1 aromatic heterocycles. The van der Waals surface area contributed by atoms with Crippen molar-refractivity contribution in [3.63, 3.8) is 0 Å². The fraction of sp³-hybridized carbons (Fsp3) is 0.348. The minimum atomic E-state index is -0.247. The number of rotatable bonds is 4. The SMILES string of the molecule is CN1CCCN(c2nnc(C(=O)NCc3ccc4c(c3)OCO4)c3ccccc23)CC1. The number of carbonyl (C=O) groups excluding carboxylic acids is 1. The van der Waals surface area contributed by atoms with Crippen molar-refractivity contribution in [3.05, 3.63) is 53.7 Å². The van der Waals surface area contributed by atoms with Gasteiger partial charge in [-0.1, -0.05) is 30.3 Å². The summed E-state index contributed by atoms with van der Waals surface area (Å²) in [4.78, 5) is 17.6. The highest BCUT2D eigenvalue weighted by atomic mass is 16.7. The average molecular weight is 419 g/mol. The predicted octanol–water partition coefficient (Wildman–Crippen LogP) is 2.43. The molecule has 1 fully saturated rings. The second kappa shape index (κ2) is 8.39. The van der Waals surface area contributed by atoms with Crippen molar-refractivity contribution in [2.75, 3.05) is 44.9 Å². The number of hydrogen-bond acceptors (Lipinski definition) is 7. The molecule has 0 bridgehead atoms. The number of anilines is 1. The molecule has 1 N–H and O–H groups in total. The second-order valence-electron chi connectivity index (χ2n) is 7.93. The minimum Gasteiger partial charge on any atom is -0.454 e. The Labute approximate surface area is 180 Å². The van der Waals surface area contributed by atoms with Crippen molar-refractivity contribution in [1.29, 1.82) is 0 Å². The molecule has 0 atom stereocenters. The molecule has 31 heavy (non-hydrogen) atoms. The van der Waals surface area contributed by atoms with Gasteiger partial charge in [-0.25, -0.2) is 0 Å². The first kappa shape index (κ1) is 19.6. The van der Waals surface area contributed by atoms with E-state index in [0.717, 1.165) is 60.5 Å². The Morgan fingerprint density at radius 3 is 2.74 bits per heavy atom. The molecule has 0 saturated carbocycles. The number of likely N-dealkylation sites (N-methyl/N-ethyl adjacent to an activating group) is 1. The van der Waals surface area contributed by atoms with Crippen molar-refractivity contribution < 1.29 is 14.3 Å². The van der Waals surface area contributed by atoms with E-state index in [9.17, 15) is 4.79 Å². The van der Waals surface area contributed by atoms with Gasteiger partial charge in [-0.2, -0.15) is 0 Å². The molecule has 3 heterocycles. The van der Waals surface area contributed by atoms with E-state index in [0.29, 0.717) is 18.0 Å². The van der Waals surface area contributed by atoms with E-state index in [4.69, 9.17) is 9.47 Å². The molecule has 1 amide bonds. The van der Waals surface area contributed by atoms with Crippen LogP contribution in [0.25, 0.3) is 10.8 Å². The highest BCUT2D eigenvalue weighted by Gasteiger charge is 2.21. The first-order chi connectivity index (χ1) is 15.2. The molecule has 0 unspecified atom stereocenters. The molecule has 8 nitrogen and oxygen atoms in total. The summed E-state index contributed by atoms with van der Waals surface area (Å²) in [5, 5.41) is 13.5. The summed E-state index contributed by atoms with van der Waals surface area (Å²) in [5.41, 5.74) is 1.27. The van der Waals surface area contributed by atoms with Gasteiger partial charge >= 0.3 is 0 Å². The lowest BCUT2D eigenvalue weighted by Gasteiger charge is -2.23. The summed E-state index contributed by atoms with van der Waals surface area (Å²) in [6.45, 7) is 4.47. The summed E-state index contributed by atoms with van der Waals surface area (Å²) in [7, 11) is 2.14. The fourth-order valence-corrected chi connectivity index (χ4v) is 4.07. The molecule has 1 saturated heterocycles. The Bertz CT molecular complexity index is 1120. The van der Waals surface area contributed by atoms with Crippen LogP contribution in [0, 0.1) is 0 Å². The van der Waals surface area contributed by atoms with Crippen molar-refractivity contribution >= 4 is 22.5 Å². The second-order valence-corrected chi connectivity index (χ2v) is 7.93. The Morgan fingerprint density at radius 2 is 1.84 bits per heavy atom. The smallest absolute Gasteiger partial charge is 0.272 e. The number of amides is 1. The Kier molecular flexibility index (Phi) is 5.30. The molecule has 160 valence electrons. The highest BCUT2D eigenvalue weighted by Crippen LogP contribution is 2.32. The molecular weight excluding hydrogens is 394 g/mol. The van der Waals surface area contributed by atoms with Crippen molar-refractivity contribution in [3.8, 4) is 11.5 Å². The predicted molar refractivity (Wildman–Crippen MR) is 118 cm³/mol. The molecule has 2 aliphatic heterocycles. The van der Waals surface area contributed by atoms with E-state index < -0.39 is 0 Å². The Balaban J connectivity index is 1.38. The van der Waals surface area contributed by atoms with Gasteiger partial charge in [0.1, 0.15) is 0 Å². The topological polar surface area (TPSA) is 79.8 Å². The quantitative estimate of drug-likeness (QED) is 0.696. The van der Waals surface area contributed by atoms with Gasteiger partial charge in [0.15, 0.2) is 23.0 Å². The Morgan fingerprint density at radius 1 is 1.00 bits per heavy atom. The molecule has 8 heteroatoms. The summed E-state index contributed by atoms with van der Waals surface area (Å²) in [6.07, 6.45) is 1.07. The van der Waals surface area contributed by atoms with E-state index in [1.165, 1.54) is 0 Å². The first-order valence-electron chi connectivity index (χ1n) is 10.5. The number of benzene rings is 2. The number of nitrogens with one attached hydrogen (secondary N) is 1. The normalized spacial score (nSPS) is 16.4. The maximum Gasteiger partial charge on any atom is 0.272 e. The number of fused-ring (bicyclic) bond motifs is 2. The molecule has 0 radical (unpaired) electrons. The number of hydrogen-bond donors (Lipinski definition) is 1. The Hall–Kier alpha value is -3.39. The third kappa shape index (κ3) is 3.98. The van der Waals surface area contributed by atoms with E-state index >= 15 is 0 Å². The molecule has 2 aromatic carbocycles. The number of carbonyl (C=O) groups is 1. The van der Waals surface area contributed by atoms with Crippen LogP contribution < -0.4 is 19.7 Å². The van der Waals surface area contributed by atoms with Crippen molar-refractivity contribution in [2.24, 2.45) is 0 Å². The molecule has 3 aromatic rings. The average Bonchev–Trinajstić information content (AvgIpc) is 3.16. The van der Waals surface area contributed by atoms with Gasteiger partial charge in [0, 0.05) is 37.0 Å². The van der Waals surface area contributed by atoms with Crippen LogP contribution in [-0.4, -0.2) is 61.0 Å². The van der Waals surface area contributed by atoms with E-state index in [2.05, 4.69) is 32.4 Å². The summed E-state index contributed by atoms with van der Waals surface area (Å²) in [5.74, 6) is 2.02. The lowest BCUT2D eigenvalue weighted by atomic mass is 10.1. The van der Waals surface area contributed by atoms with Gasteiger partial charge in [0.25, 0.3) is 5.91 Å². The first-order valence-corrected chi connectivity index (χ1v) is 10.5. The van der Waals surface area contributed by atoms with Crippen molar-refractivity contribution in [2.45, 2.75) is 13.0 Å². The van der Waals surface area contributed by atoms with Crippen LogP contribution in [0.5, 0.6) is 11.5 Å². The number of aromatic nitrogens is 2. The lowest BCUT2D eigenvalue weighted by Crippen LogP contribution is -2.30. The molecule has 2 aliphatic rings. The zero-order valence-electron chi connectivity index (χ0n) is 17.5. The summed E-state index contributed by atoms with van der Waals surface area (Å²) < 4.78 is 10.7. The molecule has 5 rings (SSSR count). The van der Waals surface area contributed by atoms with Crippen LogP contribution >= 0.6 is 0 Å². The van der Waals surface area contributed by atoms with Gasteiger partial charge in [-0.3, -0.25) is 4.79 Å². The standard InChI is InChI=1S/C23H25N5O3/c1-27-9-4-10-28(12-11-27)22-18-6-3-2-5-17(18)21(25-26-22)23(29)24-14-16-7-8-19-20(13-16)31-15-30-19/h2-3,5-8,13H,4,9-12,14-15H2,1H3,(H,24,29). The molecule has 0 spiro atoms. The number of nitrogens with zero attached hydrogens (tertiary/aromatic N) is 4. The van der Waals surface area contributed by atoms with Gasteiger partial charge < -0.3 is 24.6 Å². The van der Waals surface area contributed by atoms with Crippen molar-refractivity contribution in [1.82, 2.24) is 20.4 Å². The van der Waals surface area contributed by atoms with Gasteiger partial charge in [-0.05, 0) is 37.7 Å². The zero-order valence-corrected chi connectivity index (χ0v) is 17.5. The zero-order chi connectivity index (χ0) is 21.2. The van der Waals surface area contributed by atoms with Crippen LogP contribution in [0.1, 0.15) is 22.5 Å². The van der Waals surface area contributed by atoms with Crippen LogP contribution in [0.15, 0.2) is 42.5 Å². The fourth-order valence-electron chi connectivity index (χ4n) is 4.07. The van der Waals surface area contributed by atoms with Gasteiger partial charge in [-0.15, -0.1) is 10.2 Å². The largest absolute Gasteiger partial charge is 0.454 e. The van der Waals surface area contributed by atoms with Gasteiger partial charge in [0.2, 0.25) is 6.79 Å². The van der Waals surface area contributed by atoms with Crippen LogP contribution in [-0.2, 0) is 6.54 Å². The van der Waals surface area contributed by atoms with E-state index in [1.54, 1.807) is 0 Å². The van der Waals surface area contributed by atoms with Gasteiger partial charge in [0.05, 0.1) is 0 Å². The minimum absolute atomic E-state index is 0.229. The van der Waals surface area contributed by atoms with Crippen LogP contribution in [0.3, 0.4) is 0 Å². The summed E-state index contributed by atoms with van der Waals surface area (Å²) in [6, 6.07) is 13.5. The van der Waals surface area contributed by atoms with Crippen LogP contribution in [0.4, 0.5) is 5.82 Å². The third-order valence-corrected chi connectivity index (χ3v) is 5.79. The maximum atomic E-state index is 13.0. The highest BCUT2D eigenvalue weighted by molar-refractivity contribution is 6.07. The lowest BCUT2D eigenvalue weighted by molar-refractivity contribution is 0.0946. The molecular formula is C23H25N5O3. The number of ether oxygens (including phenoxy) is 2. The van der Waals surface area contributed by atoms with Crippen LogP contribution in [0.2, 0.25) is 0 Å². The summed E-state index contributed by atoms with van der Waals surface area (Å²) >= 11 is 0. The third-order valence-electron chi connectivity index (χ3n) is 5.79. The van der Waals surface area contributed by atoms with E-state index in [-0.39, 0.29) is 12.7 Å².